The predicted molar refractivity (Wildman–Crippen MR) is 87.0 cm³/mol. The summed E-state index contributed by atoms with van der Waals surface area (Å²) in [6, 6.07) is 8.55. The predicted octanol–water partition coefficient (Wildman–Crippen LogP) is 4.10. The van der Waals surface area contributed by atoms with Crippen molar-refractivity contribution < 1.29 is 0 Å². The zero-order chi connectivity index (χ0) is 14.5. The molecule has 1 atom stereocenters. The Balaban J connectivity index is 1.89. The maximum atomic E-state index is 6.30. The molecule has 0 saturated heterocycles. The Morgan fingerprint density at radius 3 is 2.40 bits per heavy atom. The van der Waals surface area contributed by atoms with Crippen LogP contribution in [0.3, 0.4) is 0 Å². The topological polar surface area (TPSA) is 29.3 Å². The summed E-state index contributed by atoms with van der Waals surface area (Å²) in [6.45, 7) is 4.26. The van der Waals surface area contributed by atoms with Gasteiger partial charge in [0, 0.05) is 17.6 Å². The number of halogens is 1. The van der Waals surface area contributed by atoms with Crippen LogP contribution in [-0.4, -0.2) is 25.0 Å². The molecule has 1 aromatic carbocycles. The first-order valence-electron chi connectivity index (χ1n) is 7.76. The van der Waals surface area contributed by atoms with Gasteiger partial charge in [0.1, 0.15) is 0 Å². The van der Waals surface area contributed by atoms with Gasteiger partial charge in [-0.25, -0.2) is 0 Å². The average molecular weight is 295 g/mol. The van der Waals surface area contributed by atoms with E-state index in [4.69, 9.17) is 17.3 Å². The molecule has 1 saturated carbocycles. The van der Waals surface area contributed by atoms with Crippen molar-refractivity contribution in [3.8, 4) is 0 Å². The van der Waals surface area contributed by atoms with E-state index >= 15 is 0 Å². The SMILES string of the molecule is CC(c1ccccc1Cl)N(C)CC1CCC(CN)CC1. The zero-order valence-electron chi connectivity index (χ0n) is 12.7. The lowest BCUT2D eigenvalue weighted by molar-refractivity contribution is 0.175. The second kappa shape index (κ2) is 7.44. The van der Waals surface area contributed by atoms with Gasteiger partial charge < -0.3 is 5.73 Å². The summed E-state index contributed by atoms with van der Waals surface area (Å²) in [5, 5.41) is 0.874. The van der Waals surface area contributed by atoms with Crippen molar-refractivity contribution in [3.05, 3.63) is 34.9 Å². The minimum Gasteiger partial charge on any atom is -0.330 e. The molecular weight excluding hydrogens is 268 g/mol. The minimum absolute atomic E-state index is 0.371. The molecule has 0 bridgehead atoms. The maximum absolute atomic E-state index is 6.30. The van der Waals surface area contributed by atoms with Crippen molar-refractivity contribution in [1.29, 1.82) is 0 Å². The zero-order valence-corrected chi connectivity index (χ0v) is 13.4. The third-order valence-corrected chi connectivity index (χ3v) is 5.21. The normalized spacial score (nSPS) is 24.9. The first kappa shape index (κ1) is 15.8. The first-order valence-corrected chi connectivity index (χ1v) is 8.14. The van der Waals surface area contributed by atoms with Crippen LogP contribution in [0.5, 0.6) is 0 Å². The summed E-state index contributed by atoms with van der Waals surface area (Å²) in [7, 11) is 2.21. The molecule has 0 heterocycles. The molecule has 0 amide bonds. The van der Waals surface area contributed by atoms with Crippen molar-refractivity contribution in [3.63, 3.8) is 0 Å². The van der Waals surface area contributed by atoms with Gasteiger partial charge in [0.15, 0.2) is 0 Å². The number of nitrogens with two attached hydrogens (primary N) is 1. The van der Waals surface area contributed by atoms with E-state index in [2.05, 4.69) is 31.0 Å². The number of hydrogen-bond acceptors (Lipinski definition) is 2. The Morgan fingerprint density at radius 2 is 1.80 bits per heavy atom. The van der Waals surface area contributed by atoms with Gasteiger partial charge in [-0.15, -0.1) is 0 Å². The fraction of sp³-hybridized carbons (Fsp3) is 0.647. The largest absolute Gasteiger partial charge is 0.330 e. The molecule has 1 aromatic rings. The summed E-state index contributed by atoms with van der Waals surface area (Å²) >= 11 is 6.30. The van der Waals surface area contributed by atoms with Crippen LogP contribution in [-0.2, 0) is 0 Å². The minimum atomic E-state index is 0.371. The number of nitrogens with zero attached hydrogens (tertiary/aromatic N) is 1. The van der Waals surface area contributed by atoms with E-state index in [1.54, 1.807) is 0 Å². The molecule has 2 nitrogen and oxygen atoms in total. The highest BCUT2D eigenvalue weighted by Gasteiger charge is 2.23. The standard InChI is InChI=1S/C17H27ClN2/c1-13(16-5-3-4-6-17(16)18)20(2)12-15-9-7-14(11-19)8-10-15/h3-6,13-15H,7-12,19H2,1-2H3. The number of rotatable bonds is 5. The molecule has 2 rings (SSSR count). The number of hydrogen-bond donors (Lipinski definition) is 1. The van der Waals surface area contributed by atoms with E-state index < -0.39 is 0 Å². The molecule has 1 aliphatic rings. The molecule has 2 N–H and O–H groups in total. The Bertz CT molecular complexity index is 413. The van der Waals surface area contributed by atoms with Crippen LogP contribution in [0.1, 0.15) is 44.2 Å². The summed E-state index contributed by atoms with van der Waals surface area (Å²) in [5.74, 6) is 1.57. The van der Waals surface area contributed by atoms with Gasteiger partial charge in [0.05, 0.1) is 0 Å². The van der Waals surface area contributed by atoms with Gasteiger partial charge in [-0.2, -0.15) is 0 Å². The third-order valence-electron chi connectivity index (χ3n) is 4.86. The summed E-state index contributed by atoms with van der Waals surface area (Å²) in [5.41, 5.74) is 6.99. The quantitative estimate of drug-likeness (QED) is 0.886. The fourth-order valence-electron chi connectivity index (χ4n) is 3.27. The highest BCUT2D eigenvalue weighted by molar-refractivity contribution is 6.31. The Hall–Kier alpha value is -0.570. The van der Waals surface area contributed by atoms with Crippen LogP contribution < -0.4 is 5.73 Å². The molecule has 20 heavy (non-hydrogen) atoms. The van der Waals surface area contributed by atoms with Crippen molar-refractivity contribution in [1.82, 2.24) is 4.90 Å². The van der Waals surface area contributed by atoms with E-state index in [0.717, 1.165) is 29.9 Å². The van der Waals surface area contributed by atoms with Gasteiger partial charge >= 0.3 is 0 Å². The van der Waals surface area contributed by atoms with Gasteiger partial charge in [-0.3, -0.25) is 4.90 Å². The van der Waals surface area contributed by atoms with E-state index in [0.29, 0.717) is 6.04 Å². The van der Waals surface area contributed by atoms with Gasteiger partial charge in [0.2, 0.25) is 0 Å². The Labute approximate surface area is 128 Å². The van der Waals surface area contributed by atoms with Gasteiger partial charge in [-0.05, 0) is 69.7 Å². The lowest BCUT2D eigenvalue weighted by Gasteiger charge is -2.33. The molecule has 3 heteroatoms. The van der Waals surface area contributed by atoms with Crippen LogP contribution in [0.15, 0.2) is 24.3 Å². The van der Waals surface area contributed by atoms with E-state index in [1.807, 2.05) is 12.1 Å². The van der Waals surface area contributed by atoms with Crippen LogP contribution in [0, 0.1) is 11.8 Å². The molecule has 0 radical (unpaired) electrons. The van der Waals surface area contributed by atoms with Gasteiger partial charge in [0.25, 0.3) is 0 Å². The highest BCUT2D eigenvalue weighted by atomic mass is 35.5. The van der Waals surface area contributed by atoms with Crippen molar-refractivity contribution in [2.24, 2.45) is 17.6 Å². The molecule has 112 valence electrons. The fourth-order valence-corrected chi connectivity index (χ4v) is 3.56. The molecule has 1 aliphatic carbocycles. The van der Waals surface area contributed by atoms with Gasteiger partial charge in [-0.1, -0.05) is 29.8 Å². The van der Waals surface area contributed by atoms with Crippen molar-refractivity contribution >= 4 is 11.6 Å². The van der Waals surface area contributed by atoms with Crippen molar-refractivity contribution in [2.45, 2.75) is 38.6 Å². The van der Waals surface area contributed by atoms with Crippen LogP contribution in [0.25, 0.3) is 0 Å². The van der Waals surface area contributed by atoms with E-state index in [1.165, 1.54) is 31.2 Å². The summed E-state index contributed by atoms with van der Waals surface area (Å²) < 4.78 is 0. The smallest absolute Gasteiger partial charge is 0.0453 e. The molecule has 0 spiro atoms. The molecule has 1 unspecified atom stereocenters. The second-order valence-corrected chi connectivity index (χ2v) is 6.67. The highest BCUT2D eigenvalue weighted by Crippen LogP contribution is 2.31. The van der Waals surface area contributed by atoms with E-state index in [9.17, 15) is 0 Å². The summed E-state index contributed by atoms with van der Waals surface area (Å²) in [4.78, 5) is 2.44. The maximum Gasteiger partial charge on any atom is 0.0453 e. The molecule has 0 aliphatic heterocycles. The van der Waals surface area contributed by atoms with Crippen LogP contribution >= 0.6 is 11.6 Å². The average Bonchev–Trinajstić information content (AvgIpc) is 2.48. The first-order chi connectivity index (χ1) is 9.61. The third kappa shape index (κ3) is 3.97. The Morgan fingerprint density at radius 1 is 1.20 bits per heavy atom. The lowest BCUT2D eigenvalue weighted by atomic mass is 9.81. The van der Waals surface area contributed by atoms with Crippen LogP contribution in [0.2, 0.25) is 5.02 Å². The second-order valence-electron chi connectivity index (χ2n) is 6.26. The lowest BCUT2D eigenvalue weighted by Crippen LogP contribution is -2.31. The van der Waals surface area contributed by atoms with Crippen molar-refractivity contribution in [2.75, 3.05) is 20.1 Å². The summed E-state index contributed by atoms with van der Waals surface area (Å²) in [6.07, 6.45) is 5.24. The molecule has 1 fully saturated rings. The number of benzene rings is 1. The molecular formula is C17H27ClN2. The van der Waals surface area contributed by atoms with E-state index in [-0.39, 0.29) is 0 Å². The monoisotopic (exact) mass is 294 g/mol. The Kier molecular flexibility index (Phi) is 5.88. The van der Waals surface area contributed by atoms with Crippen LogP contribution in [0.4, 0.5) is 0 Å². The molecule has 0 aromatic heterocycles.